The highest BCUT2D eigenvalue weighted by Gasteiger charge is 2.40. The highest BCUT2D eigenvalue weighted by atomic mass is 16.4. The molecule has 0 aliphatic carbocycles. The van der Waals surface area contributed by atoms with Gasteiger partial charge in [-0.25, -0.2) is 9.59 Å². The summed E-state index contributed by atoms with van der Waals surface area (Å²) in [6, 6.07) is 19.0. The number of carbonyl (C=O) groups is 2. The lowest BCUT2D eigenvalue weighted by Crippen LogP contribution is -2.25. The largest absolute Gasteiger partial charge is 0.478 e. The van der Waals surface area contributed by atoms with E-state index in [4.69, 9.17) is 0 Å². The van der Waals surface area contributed by atoms with Crippen LogP contribution in [0.15, 0.2) is 85.2 Å². The number of rotatable bonds is 6. The predicted molar refractivity (Wildman–Crippen MR) is 150 cm³/mol. The lowest BCUT2D eigenvalue weighted by Gasteiger charge is -2.27. The van der Waals surface area contributed by atoms with Crippen LogP contribution in [0.25, 0.3) is 0 Å². The van der Waals surface area contributed by atoms with Crippen molar-refractivity contribution in [2.45, 2.75) is 51.6 Å². The van der Waals surface area contributed by atoms with Gasteiger partial charge in [-0.2, -0.15) is 0 Å². The smallest absolute Gasteiger partial charge is 0.335 e. The van der Waals surface area contributed by atoms with E-state index in [1.165, 1.54) is 0 Å². The van der Waals surface area contributed by atoms with E-state index in [1.807, 2.05) is 12.1 Å². The summed E-state index contributed by atoms with van der Waals surface area (Å²) < 4.78 is 0. The van der Waals surface area contributed by atoms with Crippen LogP contribution in [0.1, 0.15) is 70.7 Å². The van der Waals surface area contributed by atoms with Crippen molar-refractivity contribution >= 4 is 23.3 Å². The van der Waals surface area contributed by atoms with Gasteiger partial charge in [0.15, 0.2) is 0 Å². The van der Waals surface area contributed by atoms with Gasteiger partial charge < -0.3 is 20.0 Å². The quantitative estimate of drug-likeness (QED) is 0.385. The first-order valence-corrected chi connectivity index (χ1v) is 12.6. The van der Waals surface area contributed by atoms with Crippen molar-refractivity contribution in [3.05, 3.63) is 119 Å². The molecule has 0 spiro atoms. The summed E-state index contributed by atoms with van der Waals surface area (Å²) in [4.78, 5) is 27.4. The van der Waals surface area contributed by atoms with Gasteiger partial charge in [-0.05, 0) is 58.7 Å². The van der Waals surface area contributed by atoms with Crippen molar-refractivity contribution in [3.8, 4) is 0 Å². The second-order valence-corrected chi connectivity index (χ2v) is 11.2. The normalized spacial score (nSPS) is 16.9. The Labute approximate surface area is 223 Å². The fourth-order valence-electron chi connectivity index (χ4n) is 5.56. The molecule has 2 N–H and O–H groups in total. The molecule has 38 heavy (non-hydrogen) atoms. The Balaban J connectivity index is 1.37. The van der Waals surface area contributed by atoms with Crippen LogP contribution < -0.4 is 9.80 Å². The summed E-state index contributed by atoms with van der Waals surface area (Å²) in [5.74, 6) is -1.87. The highest BCUT2D eigenvalue weighted by molar-refractivity contribution is 5.90. The predicted octanol–water partition coefficient (Wildman–Crippen LogP) is 6.71. The minimum Gasteiger partial charge on any atom is -0.478 e. The maximum absolute atomic E-state index is 11.5. The number of benzene rings is 3. The molecule has 0 fully saturated rings. The molecule has 0 aromatic heterocycles. The Morgan fingerprint density at radius 3 is 1.32 bits per heavy atom. The maximum Gasteiger partial charge on any atom is 0.335 e. The zero-order valence-corrected chi connectivity index (χ0v) is 22.2. The number of carboxylic acids is 2. The average Bonchev–Trinajstić information content (AvgIpc) is 3.18. The van der Waals surface area contributed by atoms with Crippen molar-refractivity contribution in [1.82, 2.24) is 0 Å². The van der Waals surface area contributed by atoms with Gasteiger partial charge in [0.1, 0.15) is 0 Å². The Bertz CT molecular complexity index is 1400. The second kappa shape index (κ2) is 8.62. The van der Waals surface area contributed by atoms with Crippen molar-refractivity contribution < 1.29 is 19.8 Å². The Kier molecular flexibility index (Phi) is 5.75. The molecule has 5 rings (SSSR count). The van der Waals surface area contributed by atoms with Crippen LogP contribution in [0.5, 0.6) is 0 Å². The molecule has 194 valence electrons. The molecule has 0 atom stereocenters. The molecule has 6 heteroatoms. The number of hydrogen-bond acceptors (Lipinski definition) is 4. The van der Waals surface area contributed by atoms with Gasteiger partial charge in [0, 0.05) is 46.7 Å². The molecule has 2 heterocycles. The Hall–Kier alpha value is -4.32. The summed E-state index contributed by atoms with van der Waals surface area (Å²) in [6.07, 6.45) is 0. The Morgan fingerprint density at radius 2 is 1.00 bits per heavy atom. The van der Waals surface area contributed by atoms with Crippen molar-refractivity contribution in [2.24, 2.45) is 0 Å². The molecule has 0 unspecified atom stereocenters. The number of hydrogen-bond donors (Lipinski definition) is 2. The molecule has 0 saturated carbocycles. The van der Waals surface area contributed by atoms with E-state index in [1.54, 1.807) is 24.3 Å². The zero-order valence-electron chi connectivity index (χ0n) is 22.2. The van der Waals surface area contributed by atoms with E-state index >= 15 is 0 Å². The van der Waals surface area contributed by atoms with E-state index < -0.39 is 11.9 Å². The van der Waals surface area contributed by atoms with Crippen molar-refractivity contribution in [2.75, 3.05) is 9.80 Å². The van der Waals surface area contributed by atoms with Gasteiger partial charge in [0.25, 0.3) is 0 Å². The first-order chi connectivity index (χ1) is 17.8. The van der Waals surface area contributed by atoms with Crippen LogP contribution in [0.3, 0.4) is 0 Å². The summed E-state index contributed by atoms with van der Waals surface area (Å²) >= 11 is 0. The number of fused-ring (bicyclic) bond motifs is 2. The molecule has 0 bridgehead atoms. The summed E-state index contributed by atoms with van der Waals surface area (Å²) in [6.45, 7) is 18.2. The van der Waals surface area contributed by atoms with E-state index in [9.17, 15) is 19.8 Å². The molecule has 0 radical (unpaired) electrons. The minimum atomic E-state index is -0.933. The van der Waals surface area contributed by atoms with Gasteiger partial charge in [0.2, 0.25) is 0 Å². The molecular weight excluding hydrogens is 476 g/mol. The molecule has 0 saturated heterocycles. The fraction of sp³-hybridized carbons (Fsp3) is 0.250. The van der Waals surface area contributed by atoms with Crippen molar-refractivity contribution in [1.29, 1.82) is 0 Å². The lowest BCUT2D eigenvalue weighted by molar-refractivity contribution is 0.0686. The van der Waals surface area contributed by atoms with Crippen LogP contribution in [0.2, 0.25) is 0 Å². The number of carboxylic acid groups (broad SMARTS) is 2. The summed E-state index contributed by atoms with van der Waals surface area (Å²) in [7, 11) is 0. The number of aromatic carboxylic acids is 2. The lowest BCUT2D eigenvalue weighted by atomic mass is 9.84. The summed E-state index contributed by atoms with van der Waals surface area (Å²) in [5.41, 5.74) is 7.86. The van der Waals surface area contributed by atoms with Crippen molar-refractivity contribution in [3.63, 3.8) is 0 Å². The van der Waals surface area contributed by atoms with Gasteiger partial charge in [-0.15, -0.1) is 0 Å². The second-order valence-electron chi connectivity index (χ2n) is 11.2. The third-order valence-electron chi connectivity index (χ3n) is 8.21. The standard InChI is InChI=1S/C32H32N2O4/c1-19-31(3,4)25-15-23(29(35)36)11-13-27(25)33(19)17-21-7-9-22(10-8-21)18-34-20(2)32(5,6)26-16-24(30(37)38)12-14-28(26)34/h7-16H,1-2,17-18H2,3-6H3,(H,35,36)(H,37,38). The highest BCUT2D eigenvalue weighted by Crippen LogP contribution is 2.49. The first-order valence-electron chi connectivity index (χ1n) is 12.6. The van der Waals surface area contributed by atoms with Gasteiger partial charge in [-0.3, -0.25) is 0 Å². The SMILES string of the molecule is C=C1N(Cc2ccc(CN3C(=C)C(C)(C)c4cc(C(=O)O)ccc43)cc2)c2ccc(C(=O)O)cc2C1(C)C. The van der Waals surface area contributed by atoms with Crippen LogP contribution in [-0.4, -0.2) is 22.2 Å². The molecule has 3 aromatic rings. The number of anilines is 2. The van der Waals surface area contributed by atoms with Gasteiger partial charge in [-0.1, -0.05) is 65.1 Å². The van der Waals surface area contributed by atoms with Gasteiger partial charge >= 0.3 is 11.9 Å². The topological polar surface area (TPSA) is 81.1 Å². The van der Waals surface area contributed by atoms with E-state index in [-0.39, 0.29) is 22.0 Å². The maximum atomic E-state index is 11.5. The molecule has 0 amide bonds. The van der Waals surface area contributed by atoms with Crippen LogP contribution >= 0.6 is 0 Å². The third kappa shape index (κ3) is 3.88. The van der Waals surface area contributed by atoms with Crippen LogP contribution in [0.4, 0.5) is 11.4 Å². The summed E-state index contributed by atoms with van der Waals surface area (Å²) in [5, 5.41) is 18.9. The van der Waals surface area contributed by atoms with E-state index in [0.717, 1.165) is 45.0 Å². The number of nitrogens with zero attached hydrogens (tertiary/aromatic N) is 2. The molecular formula is C32H32N2O4. The van der Waals surface area contributed by atoms with Gasteiger partial charge in [0.05, 0.1) is 11.1 Å². The Morgan fingerprint density at radius 1 is 0.658 bits per heavy atom. The van der Waals surface area contributed by atoms with Crippen LogP contribution in [-0.2, 0) is 23.9 Å². The van der Waals surface area contributed by atoms with Crippen LogP contribution in [0, 0.1) is 0 Å². The zero-order chi connectivity index (χ0) is 27.6. The fourth-order valence-corrected chi connectivity index (χ4v) is 5.56. The minimum absolute atomic E-state index is 0.281. The van der Waals surface area contributed by atoms with E-state index in [0.29, 0.717) is 13.1 Å². The first kappa shape index (κ1) is 25.3. The average molecular weight is 509 g/mol. The third-order valence-corrected chi connectivity index (χ3v) is 8.21. The molecule has 2 aliphatic heterocycles. The van der Waals surface area contributed by atoms with E-state index in [2.05, 4.69) is 74.9 Å². The molecule has 3 aromatic carbocycles. The molecule has 2 aliphatic rings. The number of allylic oxidation sites excluding steroid dienone is 2. The monoisotopic (exact) mass is 508 g/mol. The molecule has 6 nitrogen and oxygen atoms in total.